The van der Waals surface area contributed by atoms with Crippen molar-refractivity contribution in [2.75, 3.05) is 19.7 Å². The number of aliphatic hydroxyl groups excluding tert-OH is 2. The quantitative estimate of drug-likeness (QED) is 0.352. The van der Waals surface area contributed by atoms with E-state index in [0.29, 0.717) is 30.2 Å². The molecule has 1 heterocycles. The van der Waals surface area contributed by atoms with E-state index in [1.54, 1.807) is 11.0 Å². The Labute approximate surface area is 195 Å². The number of amides is 2. The molecule has 1 saturated carbocycles. The fourth-order valence-corrected chi connectivity index (χ4v) is 4.87. The fourth-order valence-electron chi connectivity index (χ4n) is 4.87. The van der Waals surface area contributed by atoms with Crippen LogP contribution in [0.25, 0.3) is 0 Å². The number of nitrogens with one attached hydrogen (secondary N) is 1. The van der Waals surface area contributed by atoms with Gasteiger partial charge in [0.15, 0.2) is 0 Å². The average Bonchev–Trinajstić information content (AvgIpc) is 3.56. The van der Waals surface area contributed by atoms with Gasteiger partial charge in [-0.15, -0.1) is 6.58 Å². The summed E-state index contributed by atoms with van der Waals surface area (Å²) >= 11 is 0. The number of nitrogens with zero attached hydrogens (tertiary/aromatic N) is 1. The Bertz CT molecular complexity index is 910. The molecule has 0 aromatic heterocycles. The summed E-state index contributed by atoms with van der Waals surface area (Å²) in [6.45, 7) is 4.28. The zero-order chi connectivity index (χ0) is 23.4. The van der Waals surface area contributed by atoms with Crippen molar-refractivity contribution in [1.29, 1.82) is 0 Å². The zero-order valence-electron chi connectivity index (χ0n) is 19.0. The summed E-state index contributed by atoms with van der Waals surface area (Å²) in [6, 6.07) is 6.86. The van der Waals surface area contributed by atoms with Crippen molar-refractivity contribution in [3.8, 4) is 5.75 Å². The van der Waals surface area contributed by atoms with Gasteiger partial charge in [0.2, 0.25) is 11.8 Å². The van der Waals surface area contributed by atoms with Crippen LogP contribution in [0.2, 0.25) is 0 Å². The topological polar surface area (TPSA) is 99.1 Å². The number of fused-ring (bicyclic) bond motifs is 3. The number of carbonyl (C=O) groups excluding carboxylic acids is 2. The normalized spacial score (nSPS) is 25.3. The molecule has 2 amide bonds. The summed E-state index contributed by atoms with van der Waals surface area (Å²) < 4.78 is 6.13. The van der Waals surface area contributed by atoms with Gasteiger partial charge in [0.05, 0.1) is 18.6 Å². The van der Waals surface area contributed by atoms with Crippen LogP contribution >= 0.6 is 0 Å². The first-order chi connectivity index (χ1) is 16.0. The van der Waals surface area contributed by atoms with Gasteiger partial charge in [-0.2, -0.15) is 0 Å². The lowest BCUT2D eigenvalue weighted by Gasteiger charge is -2.41. The van der Waals surface area contributed by atoms with Crippen LogP contribution in [0.5, 0.6) is 5.75 Å². The molecule has 7 heteroatoms. The van der Waals surface area contributed by atoms with Crippen molar-refractivity contribution in [2.45, 2.75) is 62.7 Å². The maximum atomic E-state index is 13.3. The second kappa shape index (κ2) is 10.5. The summed E-state index contributed by atoms with van der Waals surface area (Å²) in [5.74, 6) is 0.361. The van der Waals surface area contributed by atoms with Gasteiger partial charge >= 0.3 is 0 Å². The van der Waals surface area contributed by atoms with Crippen molar-refractivity contribution >= 4 is 11.8 Å². The van der Waals surface area contributed by atoms with Gasteiger partial charge in [-0.05, 0) is 50.2 Å². The van der Waals surface area contributed by atoms with Crippen molar-refractivity contribution in [2.24, 2.45) is 5.92 Å². The van der Waals surface area contributed by atoms with Gasteiger partial charge in [-0.1, -0.05) is 24.3 Å². The number of hydrogen-bond donors (Lipinski definition) is 3. The predicted octanol–water partition coefficient (Wildman–Crippen LogP) is 2.29. The third-order valence-corrected chi connectivity index (χ3v) is 6.76. The minimum absolute atomic E-state index is 0.00432. The highest BCUT2D eigenvalue weighted by Crippen LogP contribution is 2.47. The first-order valence-corrected chi connectivity index (χ1v) is 12.0. The van der Waals surface area contributed by atoms with Crippen LogP contribution < -0.4 is 10.1 Å². The van der Waals surface area contributed by atoms with E-state index >= 15 is 0 Å². The van der Waals surface area contributed by atoms with Gasteiger partial charge in [-0.3, -0.25) is 9.59 Å². The first kappa shape index (κ1) is 23.5. The number of carbonyl (C=O) groups is 2. The summed E-state index contributed by atoms with van der Waals surface area (Å²) in [5.41, 5.74) is 1.34. The Morgan fingerprint density at radius 3 is 2.76 bits per heavy atom. The summed E-state index contributed by atoms with van der Waals surface area (Å²) in [5, 5.41) is 23.3. The van der Waals surface area contributed by atoms with Crippen molar-refractivity contribution in [3.05, 3.63) is 54.1 Å². The van der Waals surface area contributed by atoms with Gasteiger partial charge < -0.3 is 25.2 Å². The molecule has 4 atom stereocenters. The molecule has 4 rings (SSSR count). The molecule has 1 aromatic rings. The van der Waals surface area contributed by atoms with Crippen LogP contribution in [-0.2, 0) is 9.59 Å². The molecule has 4 unspecified atom stereocenters. The largest absolute Gasteiger partial charge is 0.486 e. The summed E-state index contributed by atoms with van der Waals surface area (Å²) in [7, 11) is 0. The molecule has 0 bridgehead atoms. The number of hydrogen-bond acceptors (Lipinski definition) is 5. The number of rotatable bonds is 11. The standard InChI is InChI=1S/C26H34N2O5/c1-2-3-4-5-10-22(30)28(16-17-11-12-17)20-15-19(26(32)27-13-14-29)23-18-8-6-7-9-21(18)33-25(23)24(20)31/h2,6-9,15,17,20,23-25,29,31H,1,3-5,10-14,16H2,(H,27,32). The number of allylic oxidation sites excluding steroid dienone is 1. The van der Waals surface area contributed by atoms with Gasteiger partial charge in [0.25, 0.3) is 0 Å². The second-order valence-electron chi connectivity index (χ2n) is 9.20. The smallest absolute Gasteiger partial charge is 0.247 e. The minimum Gasteiger partial charge on any atom is -0.486 e. The molecular weight excluding hydrogens is 420 g/mol. The monoisotopic (exact) mass is 454 g/mol. The highest BCUT2D eigenvalue weighted by Gasteiger charge is 2.50. The molecule has 3 N–H and O–H groups in total. The van der Waals surface area contributed by atoms with E-state index in [2.05, 4.69) is 11.9 Å². The van der Waals surface area contributed by atoms with Gasteiger partial charge in [0, 0.05) is 30.6 Å². The molecule has 0 spiro atoms. The average molecular weight is 455 g/mol. The summed E-state index contributed by atoms with van der Waals surface area (Å²) in [6.07, 6.45) is 7.08. The van der Waals surface area contributed by atoms with E-state index in [0.717, 1.165) is 37.7 Å². The SMILES string of the molecule is C=CCCCCC(=O)N(CC1CC1)C1C=C(C(=O)NCCO)C2c3ccccc3OC2C1O. The lowest BCUT2D eigenvalue weighted by atomic mass is 9.77. The zero-order valence-corrected chi connectivity index (χ0v) is 19.0. The van der Waals surface area contributed by atoms with E-state index in [9.17, 15) is 19.8 Å². The third-order valence-electron chi connectivity index (χ3n) is 6.76. The number of aliphatic hydroxyl groups is 2. The number of ether oxygens (including phenoxy) is 1. The third kappa shape index (κ3) is 5.14. The van der Waals surface area contributed by atoms with Crippen LogP contribution in [0, 0.1) is 5.92 Å². The summed E-state index contributed by atoms with van der Waals surface area (Å²) in [4.78, 5) is 28.1. The lowest BCUT2D eigenvalue weighted by molar-refractivity contribution is -0.137. The van der Waals surface area contributed by atoms with Gasteiger partial charge in [-0.25, -0.2) is 0 Å². The maximum absolute atomic E-state index is 13.3. The molecule has 2 aliphatic carbocycles. The molecule has 3 aliphatic rings. The Balaban J connectivity index is 1.64. The predicted molar refractivity (Wildman–Crippen MR) is 125 cm³/mol. The van der Waals surface area contributed by atoms with Crippen molar-refractivity contribution in [3.63, 3.8) is 0 Å². The van der Waals surface area contributed by atoms with Crippen LogP contribution in [0.4, 0.5) is 0 Å². The Morgan fingerprint density at radius 2 is 2.03 bits per heavy atom. The van der Waals surface area contributed by atoms with E-state index in [4.69, 9.17) is 4.74 Å². The van der Waals surface area contributed by atoms with E-state index in [-0.39, 0.29) is 25.0 Å². The lowest BCUT2D eigenvalue weighted by Crippen LogP contribution is -2.56. The molecule has 0 radical (unpaired) electrons. The Kier molecular flexibility index (Phi) is 7.50. The van der Waals surface area contributed by atoms with Crippen molar-refractivity contribution < 1.29 is 24.5 Å². The Hall–Kier alpha value is -2.64. The number of benzene rings is 1. The van der Waals surface area contributed by atoms with E-state index in [1.165, 1.54) is 0 Å². The Morgan fingerprint density at radius 1 is 1.24 bits per heavy atom. The molecule has 33 heavy (non-hydrogen) atoms. The highest BCUT2D eigenvalue weighted by molar-refractivity contribution is 5.96. The van der Waals surface area contributed by atoms with Crippen LogP contribution in [0.3, 0.4) is 0 Å². The molecule has 7 nitrogen and oxygen atoms in total. The molecule has 1 aliphatic heterocycles. The highest BCUT2D eigenvalue weighted by atomic mass is 16.5. The van der Waals surface area contributed by atoms with Crippen LogP contribution in [0.1, 0.15) is 50.0 Å². The maximum Gasteiger partial charge on any atom is 0.247 e. The number of unbranched alkanes of at least 4 members (excludes halogenated alkanes) is 2. The molecule has 1 aromatic carbocycles. The second-order valence-corrected chi connectivity index (χ2v) is 9.20. The number of para-hydroxylation sites is 1. The molecule has 0 saturated heterocycles. The molecular formula is C26H34N2O5. The first-order valence-electron chi connectivity index (χ1n) is 12.0. The van der Waals surface area contributed by atoms with Crippen LogP contribution in [0.15, 0.2) is 48.6 Å². The van der Waals surface area contributed by atoms with E-state index < -0.39 is 24.2 Å². The minimum atomic E-state index is -0.951. The molecule has 178 valence electrons. The van der Waals surface area contributed by atoms with Gasteiger partial charge in [0.1, 0.15) is 18.0 Å². The van der Waals surface area contributed by atoms with Crippen LogP contribution in [-0.4, -0.2) is 64.9 Å². The fraction of sp³-hybridized carbons (Fsp3) is 0.538. The van der Waals surface area contributed by atoms with Crippen molar-refractivity contribution in [1.82, 2.24) is 10.2 Å². The van der Waals surface area contributed by atoms with E-state index in [1.807, 2.05) is 30.3 Å². The molecule has 1 fully saturated rings.